The number of halogens is 1. The van der Waals surface area contributed by atoms with Crippen molar-refractivity contribution in [3.05, 3.63) is 35.5 Å². The van der Waals surface area contributed by atoms with E-state index in [1.54, 1.807) is 13.0 Å². The maximum absolute atomic E-state index is 12.9. The number of Topliss-reactive ketones (excluding diaryl/α,β-unsaturated/α-hetero) is 1. The summed E-state index contributed by atoms with van der Waals surface area (Å²) in [7, 11) is 0. The highest BCUT2D eigenvalue weighted by Gasteiger charge is 2.72. The fraction of sp³-hybridized carbons (Fsp3) is 0.609. The van der Waals surface area contributed by atoms with Gasteiger partial charge in [-0.3, -0.25) is 14.4 Å². The summed E-state index contributed by atoms with van der Waals surface area (Å²) in [6.07, 6.45) is 5.17. The first-order valence-corrected chi connectivity index (χ1v) is 11.2. The third-order valence-corrected chi connectivity index (χ3v) is 10.0. The van der Waals surface area contributed by atoms with Crippen molar-refractivity contribution >= 4 is 33.5 Å². The summed E-state index contributed by atoms with van der Waals surface area (Å²) in [5, 5.41) is 33.8. The highest BCUT2D eigenvalue weighted by molar-refractivity contribution is 9.10. The van der Waals surface area contributed by atoms with Crippen LogP contribution < -0.4 is 0 Å². The average Bonchev–Trinajstić information content (AvgIpc) is 2.89. The maximum atomic E-state index is 12.9. The molecule has 1 unspecified atom stereocenters. The van der Waals surface area contributed by atoms with Gasteiger partial charge in [0.2, 0.25) is 5.78 Å². The first kappa shape index (κ1) is 22.6. The Balaban J connectivity index is 1.78. The fourth-order valence-electron chi connectivity index (χ4n) is 6.34. The first-order valence-electron chi connectivity index (χ1n) is 10.4. The standard InChI is InChI=1S/C23H27BrO7/c1-12(25)31-11-19(29)23(30)17(27)9-16-15-5-4-13-8-14(26)6-7-20(13,2)22(15,24)18(28)10-21(16,23)3/h6-9,15,17-18,27-28,30H,4-5,10-11H2,1-3H3/t15?,17-,18+,20+,21+,22+,23+/m1/s1. The van der Waals surface area contributed by atoms with Gasteiger partial charge in [0.1, 0.15) is 6.10 Å². The molecular weight excluding hydrogens is 468 g/mol. The van der Waals surface area contributed by atoms with Crippen molar-refractivity contribution in [2.24, 2.45) is 16.7 Å². The lowest BCUT2D eigenvalue weighted by atomic mass is 9.47. The van der Waals surface area contributed by atoms with Crippen LogP contribution in [0, 0.1) is 16.7 Å². The van der Waals surface area contributed by atoms with Gasteiger partial charge >= 0.3 is 5.97 Å². The van der Waals surface area contributed by atoms with Gasteiger partial charge in [0, 0.05) is 17.8 Å². The largest absolute Gasteiger partial charge is 0.458 e. The summed E-state index contributed by atoms with van der Waals surface area (Å²) in [5.74, 6) is -1.85. The Morgan fingerprint density at radius 2 is 1.97 bits per heavy atom. The van der Waals surface area contributed by atoms with E-state index in [9.17, 15) is 29.7 Å². The molecule has 0 aliphatic heterocycles. The van der Waals surface area contributed by atoms with E-state index in [-0.39, 0.29) is 18.1 Å². The molecule has 0 saturated heterocycles. The highest BCUT2D eigenvalue weighted by atomic mass is 79.9. The molecule has 0 aromatic heterocycles. The van der Waals surface area contributed by atoms with Gasteiger partial charge in [-0.2, -0.15) is 0 Å². The Morgan fingerprint density at radius 3 is 2.61 bits per heavy atom. The molecule has 0 spiro atoms. The number of hydrogen-bond donors (Lipinski definition) is 3. The zero-order valence-electron chi connectivity index (χ0n) is 17.7. The van der Waals surface area contributed by atoms with Crippen LogP contribution in [0.25, 0.3) is 0 Å². The molecule has 2 saturated carbocycles. The Kier molecular flexibility index (Phi) is 5.06. The van der Waals surface area contributed by atoms with Crippen molar-refractivity contribution in [1.29, 1.82) is 0 Å². The quantitative estimate of drug-likeness (QED) is 0.309. The molecule has 168 valence electrons. The number of carbonyl (C=O) groups is 3. The summed E-state index contributed by atoms with van der Waals surface area (Å²) in [6.45, 7) is 4.14. The summed E-state index contributed by atoms with van der Waals surface area (Å²) in [4.78, 5) is 36.1. The number of ketones is 2. The lowest BCUT2D eigenvalue weighted by Crippen LogP contribution is -2.68. The van der Waals surface area contributed by atoms with Crippen LogP contribution in [0.4, 0.5) is 0 Å². The van der Waals surface area contributed by atoms with Crippen LogP contribution in [0.15, 0.2) is 35.5 Å². The van der Waals surface area contributed by atoms with E-state index in [0.29, 0.717) is 18.4 Å². The van der Waals surface area contributed by atoms with E-state index in [1.807, 2.05) is 13.0 Å². The first-order chi connectivity index (χ1) is 14.3. The van der Waals surface area contributed by atoms with Crippen LogP contribution in [-0.2, 0) is 19.1 Å². The topological polar surface area (TPSA) is 121 Å². The number of aliphatic hydroxyl groups excluding tert-OH is 2. The summed E-state index contributed by atoms with van der Waals surface area (Å²) < 4.78 is 3.92. The van der Waals surface area contributed by atoms with Gasteiger partial charge < -0.3 is 20.1 Å². The fourth-order valence-corrected chi connectivity index (χ4v) is 7.37. The Hall–Kier alpha value is -1.61. The lowest BCUT2D eigenvalue weighted by Gasteiger charge is -2.62. The minimum atomic E-state index is -2.22. The molecule has 4 aliphatic rings. The molecule has 31 heavy (non-hydrogen) atoms. The number of hydrogen-bond acceptors (Lipinski definition) is 7. The SMILES string of the molecule is CC(=O)OCC(=O)[C@@]1(O)[C@H](O)C=C2C3CCC4=CC(=O)C=C[C@]4(C)[C@@]3(Br)[C@@H](O)C[C@@]21C. The van der Waals surface area contributed by atoms with Gasteiger partial charge in [-0.1, -0.05) is 53.1 Å². The number of fused-ring (bicyclic) bond motifs is 5. The number of carbonyl (C=O) groups excluding carboxylic acids is 3. The van der Waals surface area contributed by atoms with Crippen LogP contribution in [0.5, 0.6) is 0 Å². The molecule has 8 heteroatoms. The zero-order valence-corrected chi connectivity index (χ0v) is 19.3. The smallest absolute Gasteiger partial charge is 0.303 e. The van der Waals surface area contributed by atoms with Crippen molar-refractivity contribution < 1.29 is 34.4 Å². The second-order valence-corrected chi connectivity index (χ2v) is 10.9. The van der Waals surface area contributed by atoms with Crippen LogP contribution in [0.2, 0.25) is 0 Å². The van der Waals surface area contributed by atoms with E-state index >= 15 is 0 Å². The molecule has 0 aromatic carbocycles. The van der Waals surface area contributed by atoms with Gasteiger partial charge in [-0.05, 0) is 37.3 Å². The van der Waals surface area contributed by atoms with Gasteiger partial charge in [0.05, 0.1) is 10.4 Å². The van der Waals surface area contributed by atoms with Crippen molar-refractivity contribution in [2.45, 2.75) is 62.2 Å². The zero-order chi connectivity index (χ0) is 23.0. The molecule has 0 bridgehead atoms. The minimum Gasteiger partial charge on any atom is -0.458 e. The number of allylic oxidation sites excluding steroid dienone is 4. The number of rotatable bonds is 3. The molecule has 0 amide bonds. The number of ether oxygens (including phenoxy) is 1. The van der Waals surface area contributed by atoms with Gasteiger partial charge in [-0.25, -0.2) is 0 Å². The van der Waals surface area contributed by atoms with E-state index in [0.717, 1.165) is 12.5 Å². The van der Waals surface area contributed by atoms with Crippen molar-refractivity contribution in [3.63, 3.8) is 0 Å². The summed E-state index contributed by atoms with van der Waals surface area (Å²) in [6, 6.07) is 0. The normalized spacial score (nSPS) is 45.8. The molecular formula is C23H27BrO7. The maximum Gasteiger partial charge on any atom is 0.303 e. The van der Waals surface area contributed by atoms with Gasteiger partial charge in [-0.15, -0.1) is 0 Å². The van der Waals surface area contributed by atoms with Gasteiger partial charge in [0.25, 0.3) is 0 Å². The van der Waals surface area contributed by atoms with Crippen LogP contribution in [-0.4, -0.2) is 61.6 Å². The van der Waals surface area contributed by atoms with Gasteiger partial charge in [0.15, 0.2) is 18.0 Å². The highest BCUT2D eigenvalue weighted by Crippen LogP contribution is 2.69. The number of esters is 1. The van der Waals surface area contributed by atoms with Crippen LogP contribution in [0.1, 0.15) is 40.0 Å². The predicted octanol–water partition coefficient (Wildman–Crippen LogP) is 1.54. The monoisotopic (exact) mass is 494 g/mol. The Morgan fingerprint density at radius 1 is 1.29 bits per heavy atom. The Labute approximate surface area is 189 Å². The second kappa shape index (κ2) is 6.94. The summed E-state index contributed by atoms with van der Waals surface area (Å²) >= 11 is 3.85. The molecule has 3 N–H and O–H groups in total. The number of alkyl halides is 1. The van der Waals surface area contributed by atoms with Crippen molar-refractivity contribution in [1.82, 2.24) is 0 Å². The van der Waals surface area contributed by atoms with Crippen molar-refractivity contribution in [3.8, 4) is 0 Å². The van der Waals surface area contributed by atoms with Crippen LogP contribution in [0.3, 0.4) is 0 Å². The molecule has 0 radical (unpaired) electrons. The molecule has 0 aromatic rings. The molecule has 0 heterocycles. The summed E-state index contributed by atoms with van der Waals surface area (Å²) in [5.41, 5.74) is -2.49. The molecule has 7 nitrogen and oxygen atoms in total. The van der Waals surface area contributed by atoms with E-state index < -0.39 is 51.3 Å². The van der Waals surface area contributed by atoms with E-state index in [4.69, 9.17) is 4.74 Å². The predicted molar refractivity (Wildman–Crippen MR) is 114 cm³/mol. The number of aliphatic hydroxyl groups is 3. The molecule has 4 rings (SSSR count). The molecule has 4 aliphatic carbocycles. The second-order valence-electron chi connectivity index (χ2n) is 9.56. The molecule has 7 atom stereocenters. The lowest BCUT2D eigenvalue weighted by molar-refractivity contribution is -0.176. The third-order valence-electron chi connectivity index (χ3n) is 8.11. The van der Waals surface area contributed by atoms with Crippen molar-refractivity contribution in [2.75, 3.05) is 6.61 Å². The molecule has 2 fully saturated rings. The third kappa shape index (κ3) is 2.71. The van der Waals surface area contributed by atoms with Crippen LogP contribution >= 0.6 is 15.9 Å². The van der Waals surface area contributed by atoms with E-state index in [1.165, 1.54) is 12.2 Å². The average molecular weight is 495 g/mol. The van der Waals surface area contributed by atoms with E-state index in [2.05, 4.69) is 15.9 Å². The minimum absolute atomic E-state index is 0.00457. The Bertz CT molecular complexity index is 967.